The summed E-state index contributed by atoms with van der Waals surface area (Å²) in [6.45, 7) is 0.0372. The van der Waals surface area contributed by atoms with E-state index in [1.165, 1.54) is 11.3 Å². The van der Waals surface area contributed by atoms with Gasteiger partial charge in [0.1, 0.15) is 23.5 Å². The van der Waals surface area contributed by atoms with E-state index in [-0.39, 0.29) is 24.8 Å². The molecule has 1 aliphatic rings. The number of nitrogens with one attached hydrogen (secondary N) is 2. The number of anilines is 2. The highest BCUT2D eigenvalue weighted by Crippen LogP contribution is 2.38. The maximum absolute atomic E-state index is 12.7. The molecule has 32 heavy (non-hydrogen) atoms. The molecular formula is C20H22F3N5O3S. The highest BCUT2D eigenvalue weighted by atomic mass is 32.1. The first-order valence-corrected chi connectivity index (χ1v) is 10.8. The summed E-state index contributed by atoms with van der Waals surface area (Å²) in [6.07, 6.45) is -6.50. The van der Waals surface area contributed by atoms with Gasteiger partial charge in [0.15, 0.2) is 0 Å². The van der Waals surface area contributed by atoms with Crippen molar-refractivity contribution in [1.29, 1.82) is 0 Å². The molecular weight excluding hydrogens is 447 g/mol. The second-order valence-electron chi connectivity index (χ2n) is 7.72. The van der Waals surface area contributed by atoms with Gasteiger partial charge in [-0.1, -0.05) is 12.1 Å². The number of aromatic nitrogens is 3. The van der Waals surface area contributed by atoms with Crippen molar-refractivity contribution in [2.45, 2.75) is 37.8 Å². The Morgan fingerprint density at radius 1 is 1.12 bits per heavy atom. The van der Waals surface area contributed by atoms with Crippen molar-refractivity contribution >= 4 is 33.3 Å². The standard InChI is InChI=1S/C20H22F3N5O3S/c1-9-14(18-27-11-4-2-3-5-13(11)32-18)17(28-19(25-9)24-8-20(21,22)23)26-12-6-10(7-29)15(30)16(12)31/h2-5,10,12,15-16,29-31H,6-8H2,1H3,(H2,24,25,26,28)/t10-,12-,15-,16+/m1/s1. The lowest BCUT2D eigenvalue weighted by Gasteiger charge is -2.21. The molecule has 1 aromatic carbocycles. The van der Waals surface area contributed by atoms with Crippen LogP contribution in [-0.4, -0.2) is 67.8 Å². The van der Waals surface area contributed by atoms with Crippen LogP contribution >= 0.6 is 11.3 Å². The Bertz CT molecular complexity index is 1080. The molecule has 0 saturated heterocycles. The summed E-state index contributed by atoms with van der Waals surface area (Å²) < 4.78 is 39.0. The number of nitrogens with zero attached hydrogens (tertiary/aromatic N) is 3. The van der Waals surface area contributed by atoms with Gasteiger partial charge in [-0.05, 0) is 25.5 Å². The lowest BCUT2D eigenvalue weighted by atomic mass is 10.1. The number of para-hydroxylation sites is 1. The topological polar surface area (TPSA) is 123 Å². The van der Waals surface area contributed by atoms with Crippen LogP contribution in [-0.2, 0) is 0 Å². The summed E-state index contributed by atoms with van der Waals surface area (Å²) in [5.74, 6) is -0.561. The average Bonchev–Trinajstić information content (AvgIpc) is 3.27. The predicted molar refractivity (Wildman–Crippen MR) is 115 cm³/mol. The van der Waals surface area contributed by atoms with Crippen molar-refractivity contribution < 1.29 is 28.5 Å². The fourth-order valence-corrected chi connectivity index (χ4v) is 4.86. The number of benzene rings is 1. The van der Waals surface area contributed by atoms with Gasteiger partial charge in [0, 0.05) is 12.5 Å². The Morgan fingerprint density at radius 2 is 1.88 bits per heavy atom. The van der Waals surface area contributed by atoms with Crippen molar-refractivity contribution in [1.82, 2.24) is 15.0 Å². The molecule has 2 heterocycles. The molecule has 4 atom stereocenters. The van der Waals surface area contributed by atoms with Crippen molar-refractivity contribution in [2.24, 2.45) is 5.92 Å². The largest absolute Gasteiger partial charge is 0.405 e. The van der Waals surface area contributed by atoms with Crippen LogP contribution in [0.4, 0.5) is 24.9 Å². The van der Waals surface area contributed by atoms with E-state index in [0.717, 1.165) is 10.2 Å². The Kier molecular flexibility index (Phi) is 6.21. The number of fused-ring (bicyclic) bond motifs is 1. The Morgan fingerprint density at radius 3 is 2.53 bits per heavy atom. The number of alkyl halides is 3. The van der Waals surface area contributed by atoms with Gasteiger partial charge in [-0.2, -0.15) is 18.2 Å². The number of aliphatic hydroxyl groups excluding tert-OH is 3. The van der Waals surface area contributed by atoms with Gasteiger partial charge in [0.05, 0.1) is 33.6 Å². The number of hydrogen-bond acceptors (Lipinski definition) is 9. The van der Waals surface area contributed by atoms with Crippen LogP contribution in [0.15, 0.2) is 24.3 Å². The van der Waals surface area contributed by atoms with Crippen LogP contribution in [0.25, 0.3) is 20.8 Å². The van der Waals surface area contributed by atoms with Gasteiger partial charge in [-0.3, -0.25) is 0 Å². The number of halogens is 3. The Balaban J connectivity index is 1.74. The lowest BCUT2D eigenvalue weighted by Crippen LogP contribution is -2.36. The van der Waals surface area contributed by atoms with Gasteiger partial charge >= 0.3 is 6.18 Å². The van der Waals surface area contributed by atoms with Gasteiger partial charge in [0.25, 0.3) is 0 Å². The van der Waals surface area contributed by atoms with E-state index >= 15 is 0 Å². The normalized spacial score (nSPS) is 23.6. The van der Waals surface area contributed by atoms with E-state index < -0.39 is 36.9 Å². The molecule has 1 fully saturated rings. The Hall–Kier alpha value is -2.54. The van der Waals surface area contributed by atoms with Gasteiger partial charge in [-0.25, -0.2) is 9.97 Å². The van der Waals surface area contributed by atoms with Gasteiger partial charge in [-0.15, -0.1) is 11.3 Å². The highest BCUT2D eigenvalue weighted by Gasteiger charge is 2.41. The van der Waals surface area contributed by atoms with E-state index in [9.17, 15) is 28.5 Å². The lowest BCUT2D eigenvalue weighted by molar-refractivity contribution is -0.115. The highest BCUT2D eigenvalue weighted by molar-refractivity contribution is 7.21. The molecule has 0 unspecified atom stereocenters. The quantitative estimate of drug-likeness (QED) is 0.373. The van der Waals surface area contributed by atoms with Crippen LogP contribution < -0.4 is 10.6 Å². The number of rotatable bonds is 6. The fourth-order valence-electron chi connectivity index (χ4n) is 3.80. The third-order valence-electron chi connectivity index (χ3n) is 5.40. The zero-order valence-electron chi connectivity index (χ0n) is 17.0. The molecule has 0 amide bonds. The number of thiazole rings is 1. The molecule has 4 rings (SSSR count). The molecule has 2 aromatic heterocycles. The van der Waals surface area contributed by atoms with Crippen molar-refractivity contribution in [2.75, 3.05) is 23.8 Å². The minimum atomic E-state index is -4.45. The van der Waals surface area contributed by atoms with Crippen LogP contribution in [0.3, 0.4) is 0 Å². The molecule has 5 N–H and O–H groups in total. The smallest absolute Gasteiger partial charge is 0.396 e. The second kappa shape index (κ2) is 8.77. The molecule has 1 aliphatic carbocycles. The molecule has 12 heteroatoms. The molecule has 172 valence electrons. The third kappa shape index (κ3) is 4.63. The molecule has 1 saturated carbocycles. The van der Waals surface area contributed by atoms with Crippen LogP contribution in [0.1, 0.15) is 12.1 Å². The number of hydrogen-bond donors (Lipinski definition) is 5. The van der Waals surface area contributed by atoms with Gasteiger partial charge < -0.3 is 26.0 Å². The average molecular weight is 469 g/mol. The summed E-state index contributed by atoms with van der Waals surface area (Å²) in [4.78, 5) is 13.0. The van der Waals surface area contributed by atoms with Crippen LogP contribution in [0, 0.1) is 12.8 Å². The van der Waals surface area contributed by atoms with Crippen LogP contribution in [0.2, 0.25) is 0 Å². The third-order valence-corrected chi connectivity index (χ3v) is 6.46. The zero-order valence-corrected chi connectivity index (χ0v) is 17.8. The predicted octanol–water partition coefficient (Wildman–Crippen LogP) is 2.55. The van der Waals surface area contributed by atoms with Gasteiger partial charge in [0.2, 0.25) is 5.95 Å². The van der Waals surface area contributed by atoms with E-state index in [1.807, 2.05) is 24.3 Å². The van der Waals surface area contributed by atoms with E-state index in [1.54, 1.807) is 6.92 Å². The maximum Gasteiger partial charge on any atom is 0.405 e. The summed E-state index contributed by atoms with van der Waals surface area (Å²) in [6, 6.07) is 6.81. The first-order valence-electron chi connectivity index (χ1n) is 9.95. The first-order chi connectivity index (χ1) is 15.2. The second-order valence-corrected chi connectivity index (χ2v) is 8.75. The SMILES string of the molecule is Cc1nc(NCC(F)(F)F)nc(N[C@@H]2C[C@H](CO)[C@@H](O)[C@H]2O)c1-c1nc2ccccc2s1. The fraction of sp³-hybridized carbons (Fsp3) is 0.450. The van der Waals surface area contributed by atoms with Crippen molar-refractivity contribution in [3.8, 4) is 10.6 Å². The number of aliphatic hydroxyl groups is 3. The van der Waals surface area contributed by atoms with E-state index in [4.69, 9.17) is 0 Å². The molecule has 0 bridgehead atoms. The summed E-state index contributed by atoms with van der Waals surface area (Å²) in [5.41, 5.74) is 1.66. The summed E-state index contributed by atoms with van der Waals surface area (Å²) in [7, 11) is 0. The van der Waals surface area contributed by atoms with Crippen molar-refractivity contribution in [3.63, 3.8) is 0 Å². The summed E-state index contributed by atoms with van der Waals surface area (Å²) >= 11 is 1.38. The monoisotopic (exact) mass is 469 g/mol. The molecule has 0 aliphatic heterocycles. The minimum Gasteiger partial charge on any atom is -0.396 e. The zero-order chi connectivity index (χ0) is 23.0. The molecule has 3 aromatic rings. The minimum absolute atomic E-state index is 0.191. The Labute approximate surface area is 185 Å². The number of aryl methyl sites for hydroxylation is 1. The molecule has 0 radical (unpaired) electrons. The molecule has 8 nitrogen and oxygen atoms in total. The van der Waals surface area contributed by atoms with Crippen LogP contribution in [0.5, 0.6) is 0 Å². The maximum atomic E-state index is 12.7. The first kappa shape index (κ1) is 22.6. The van der Waals surface area contributed by atoms with E-state index in [0.29, 0.717) is 16.3 Å². The summed E-state index contributed by atoms with van der Waals surface area (Å²) in [5, 5.41) is 35.8. The van der Waals surface area contributed by atoms with Crippen molar-refractivity contribution in [3.05, 3.63) is 30.0 Å². The molecule has 0 spiro atoms. The van der Waals surface area contributed by atoms with E-state index in [2.05, 4.69) is 25.6 Å².